The van der Waals surface area contributed by atoms with E-state index in [4.69, 9.17) is 4.98 Å². The molecule has 31 heavy (non-hydrogen) atoms. The van der Waals surface area contributed by atoms with E-state index in [0.717, 1.165) is 49.9 Å². The number of hydrogen-bond donors (Lipinski definition) is 2. The molecule has 0 atom stereocenters. The van der Waals surface area contributed by atoms with Crippen molar-refractivity contribution in [2.75, 3.05) is 56.2 Å². The summed E-state index contributed by atoms with van der Waals surface area (Å²) >= 11 is 2.11. The number of nitrogens with zero attached hydrogens (tertiary/aromatic N) is 4. The van der Waals surface area contributed by atoms with Crippen molar-refractivity contribution in [3.63, 3.8) is 0 Å². The van der Waals surface area contributed by atoms with E-state index in [1.807, 2.05) is 7.05 Å². The van der Waals surface area contributed by atoms with Crippen LogP contribution in [0.4, 0.5) is 5.82 Å². The van der Waals surface area contributed by atoms with Crippen molar-refractivity contribution in [1.29, 1.82) is 0 Å². The summed E-state index contributed by atoms with van der Waals surface area (Å²) in [5.41, 5.74) is 1.41. The van der Waals surface area contributed by atoms with Crippen LogP contribution in [0.25, 0.3) is 0 Å². The minimum Gasteiger partial charge on any atom is -0.356 e. The van der Waals surface area contributed by atoms with Gasteiger partial charge in [-0.2, -0.15) is 11.8 Å². The average molecular weight is 445 g/mol. The Balaban J connectivity index is 1.29. The van der Waals surface area contributed by atoms with Crippen LogP contribution in [0.1, 0.15) is 50.6 Å². The molecule has 6 nitrogen and oxygen atoms in total. The van der Waals surface area contributed by atoms with E-state index >= 15 is 0 Å². The molecule has 0 aromatic carbocycles. The highest BCUT2D eigenvalue weighted by atomic mass is 32.2. The topological polar surface area (TPSA) is 55.8 Å². The van der Waals surface area contributed by atoms with Gasteiger partial charge in [0.1, 0.15) is 5.82 Å². The molecule has 1 aromatic rings. The number of aryl methyl sites for hydroxylation is 1. The summed E-state index contributed by atoms with van der Waals surface area (Å²) in [5, 5.41) is 7.46. The fraction of sp³-hybridized carbons (Fsp3) is 0.750. The maximum absolute atomic E-state index is 4.70. The summed E-state index contributed by atoms with van der Waals surface area (Å²) in [4.78, 5) is 14.5. The Labute approximate surface area is 192 Å². The molecule has 2 saturated heterocycles. The van der Waals surface area contributed by atoms with E-state index in [1.165, 1.54) is 56.7 Å². The third-order valence-corrected chi connectivity index (χ3v) is 8.25. The van der Waals surface area contributed by atoms with Gasteiger partial charge >= 0.3 is 0 Å². The molecule has 3 fully saturated rings. The lowest BCUT2D eigenvalue weighted by Crippen LogP contribution is -2.60. The number of anilines is 1. The van der Waals surface area contributed by atoms with Crippen molar-refractivity contribution in [3.8, 4) is 0 Å². The van der Waals surface area contributed by atoms with Gasteiger partial charge in [0.05, 0.1) is 0 Å². The van der Waals surface area contributed by atoms with Crippen LogP contribution in [0.15, 0.2) is 23.2 Å². The predicted molar refractivity (Wildman–Crippen MR) is 133 cm³/mol. The fourth-order valence-corrected chi connectivity index (χ4v) is 6.35. The predicted octanol–water partition coefficient (Wildman–Crippen LogP) is 3.28. The highest BCUT2D eigenvalue weighted by molar-refractivity contribution is 7.99. The number of pyridine rings is 1. The standard InChI is InChI=1S/C24H40N6S/c1-20-7-6-8-22(27-20)29-13-9-21(10-14-29)28-23(25-2)26-19-24(11-4-3-5-12-24)30-15-17-31-18-16-30/h6-8,21H,3-5,9-19H2,1-2H3,(H2,25,26,28). The van der Waals surface area contributed by atoms with Crippen molar-refractivity contribution in [2.24, 2.45) is 4.99 Å². The first-order valence-corrected chi connectivity index (χ1v) is 13.3. The second-order valence-corrected chi connectivity index (χ2v) is 10.6. The van der Waals surface area contributed by atoms with Crippen LogP contribution in [0.2, 0.25) is 0 Å². The Hall–Kier alpha value is -1.47. The van der Waals surface area contributed by atoms with Crippen molar-refractivity contribution in [3.05, 3.63) is 23.9 Å². The third-order valence-electron chi connectivity index (χ3n) is 7.31. The van der Waals surface area contributed by atoms with Crippen LogP contribution in [-0.2, 0) is 0 Å². The van der Waals surface area contributed by atoms with Crippen LogP contribution in [0.5, 0.6) is 0 Å². The Kier molecular flexibility index (Phi) is 7.99. The average Bonchev–Trinajstić information content (AvgIpc) is 2.83. The molecule has 2 aliphatic heterocycles. The van der Waals surface area contributed by atoms with Crippen LogP contribution < -0.4 is 15.5 Å². The summed E-state index contributed by atoms with van der Waals surface area (Å²) in [5.74, 6) is 4.65. The van der Waals surface area contributed by atoms with Gasteiger partial charge in [-0.25, -0.2) is 4.98 Å². The van der Waals surface area contributed by atoms with Gasteiger partial charge in [-0.15, -0.1) is 0 Å². The molecule has 1 aromatic heterocycles. The highest BCUT2D eigenvalue weighted by Crippen LogP contribution is 2.34. The van der Waals surface area contributed by atoms with Gasteiger partial charge in [0, 0.05) is 68.6 Å². The number of piperidine rings is 1. The zero-order valence-electron chi connectivity index (χ0n) is 19.4. The van der Waals surface area contributed by atoms with Gasteiger partial charge in [-0.05, 0) is 44.7 Å². The molecular weight excluding hydrogens is 404 g/mol. The molecule has 172 valence electrons. The second-order valence-electron chi connectivity index (χ2n) is 9.35. The van der Waals surface area contributed by atoms with E-state index in [1.54, 1.807) is 0 Å². The summed E-state index contributed by atoms with van der Waals surface area (Å²) in [6, 6.07) is 6.77. The Bertz CT molecular complexity index is 719. The van der Waals surface area contributed by atoms with E-state index in [-0.39, 0.29) is 0 Å². The first-order valence-electron chi connectivity index (χ1n) is 12.2. The number of aromatic nitrogens is 1. The van der Waals surface area contributed by atoms with Gasteiger partial charge in [0.15, 0.2) is 5.96 Å². The smallest absolute Gasteiger partial charge is 0.191 e. The normalized spacial score (nSPS) is 23.5. The van der Waals surface area contributed by atoms with Crippen LogP contribution in [-0.4, -0.2) is 78.7 Å². The molecule has 2 N–H and O–H groups in total. The summed E-state index contributed by atoms with van der Waals surface area (Å²) in [7, 11) is 1.91. The number of hydrogen-bond acceptors (Lipinski definition) is 5. The maximum atomic E-state index is 4.70. The monoisotopic (exact) mass is 444 g/mol. The zero-order valence-corrected chi connectivity index (χ0v) is 20.2. The molecule has 3 aliphatic rings. The first-order chi connectivity index (χ1) is 15.2. The fourth-order valence-electron chi connectivity index (χ4n) is 5.45. The molecule has 1 saturated carbocycles. The van der Waals surface area contributed by atoms with Gasteiger partial charge in [0.2, 0.25) is 0 Å². The molecule has 0 unspecified atom stereocenters. The van der Waals surface area contributed by atoms with Gasteiger partial charge in [0.25, 0.3) is 0 Å². The number of rotatable bonds is 5. The quantitative estimate of drug-likeness (QED) is 0.537. The van der Waals surface area contributed by atoms with E-state index < -0.39 is 0 Å². The number of guanidine groups is 1. The molecule has 3 heterocycles. The Morgan fingerprint density at radius 1 is 1.13 bits per heavy atom. The van der Waals surface area contributed by atoms with Crippen molar-refractivity contribution in [1.82, 2.24) is 20.5 Å². The molecule has 1 aliphatic carbocycles. The van der Waals surface area contributed by atoms with Crippen LogP contribution in [0, 0.1) is 6.92 Å². The third kappa shape index (κ3) is 5.86. The number of nitrogens with one attached hydrogen (secondary N) is 2. The van der Waals surface area contributed by atoms with Gasteiger partial charge in [-0.3, -0.25) is 9.89 Å². The van der Waals surface area contributed by atoms with E-state index in [2.05, 4.69) is 62.3 Å². The first kappa shape index (κ1) is 22.7. The van der Waals surface area contributed by atoms with Gasteiger partial charge in [-0.1, -0.05) is 25.3 Å². The zero-order chi connectivity index (χ0) is 21.5. The molecule has 0 spiro atoms. The SMILES string of the molecule is CN=C(NCC1(N2CCSCC2)CCCCC1)NC1CCN(c2cccc(C)n2)CC1. The highest BCUT2D eigenvalue weighted by Gasteiger charge is 2.38. The molecule has 0 amide bonds. The molecule has 7 heteroatoms. The number of aliphatic imine (C=N–C) groups is 1. The van der Waals surface area contributed by atoms with E-state index in [9.17, 15) is 0 Å². The number of thioether (sulfide) groups is 1. The van der Waals surface area contributed by atoms with Crippen molar-refractivity contribution in [2.45, 2.75) is 63.5 Å². The van der Waals surface area contributed by atoms with Crippen LogP contribution >= 0.6 is 11.8 Å². The molecule has 0 radical (unpaired) electrons. The Morgan fingerprint density at radius 2 is 1.87 bits per heavy atom. The minimum atomic E-state index is 0.317. The maximum Gasteiger partial charge on any atom is 0.191 e. The van der Waals surface area contributed by atoms with Crippen LogP contribution in [0.3, 0.4) is 0 Å². The summed E-state index contributed by atoms with van der Waals surface area (Å²) in [6.07, 6.45) is 9.00. The van der Waals surface area contributed by atoms with Crippen molar-refractivity contribution >= 4 is 23.5 Å². The summed E-state index contributed by atoms with van der Waals surface area (Å²) < 4.78 is 0. The largest absolute Gasteiger partial charge is 0.356 e. The molecule has 4 rings (SSSR count). The molecular formula is C24H40N6S. The minimum absolute atomic E-state index is 0.317. The molecule has 0 bridgehead atoms. The lowest BCUT2D eigenvalue weighted by Gasteiger charge is -2.48. The lowest BCUT2D eigenvalue weighted by atomic mass is 9.80. The van der Waals surface area contributed by atoms with Crippen molar-refractivity contribution < 1.29 is 0 Å². The van der Waals surface area contributed by atoms with Gasteiger partial charge < -0.3 is 15.5 Å². The second kappa shape index (κ2) is 10.9. The van der Waals surface area contributed by atoms with E-state index in [0.29, 0.717) is 11.6 Å². The Morgan fingerprint density at radius 3 is 2.55 bits per heavy atom. The lowest BCUT2D eigenvalue weighted by molar-refractivity contribution is 0.0625. The summed E-state index contributed by atoms with van der Waals surface area (Å²) in [6.45, 7) is 7.65.